The zero-order chi connectivity index (χ0) is 39.6. The number of rotatable bonds is 18. The van der Waals surface area contributed by atoms with E-state index < -0.39 is 111 Å². The number of carboxylic acids is 2. The lowest BCUT2D eigenvalue weighted by molar-refractivity contribution is -0.148. The molecule has 2 heterocycles. The van der Waals surface area contributed by atoms with Gasteiger partial charge in [-0.25, -0.2) is 4.57 Å². The lowest BCUT2D eigenvalue weighted by Gasteiger charge is -2.33. The van der Waals surface area contributed by atoms with E-state index in [1.807, 2.05) is 0 Å². The molecule has 2 saturated heterocycles. The van der Waals surface area contributed by atoms with Crippen molar-refractivity contribution in [2.24, 2.45) is 11.5 Å². The molecule has 1 aromatic carbocycles. The van der Waals surface area contributed by atoms with Crippen molar-refractivity contribution in [2.45, 2.75) is 94.5 Å². The number of phosphoric ester groups is 1. The molecule has 53 heavy (non-hydrogen) atoms. The van der Waals surface area contributed by atoms with Gasteiger partial charge in [-0.15, -0.1) is 0 Å². The van der Waals surface area contributed by atoms with Crippen LogP contribution in [0.1, 0.15) is 57.4 Å². The topological polar surface area (TPSA) is 338 Å². The number of carbonyl (C=O) groups excluding carboxylic acids is 6. The Balaban J connectivity index is 1.92. The number of aliphatic carboxylic acids is 2. The zero-order valence-electron chi connectivity index (χ0n) is 28.7. The minimum absolute atomic E-state index is 0.0725. The van der Waals surface area contributed by atoms with E-state index in [1.165, 1.54) is 28.9 Å². The maximum atomic E-state index is 14.0. The Morgan fingerprint density at radius 2 is 1.38 bits per heavy atom. The summed E-state index contributed by atoms with van der Waals surface area (Å²) in [5.74, 6) is -8.10. The van der Waals surface area contributed by atoms with E-state index in [2.05, 4.69) is 20.5 Å². The van der Waals surface area contributed by atoms with Crippen LogP contribution in [-0.4, -0.2) is 127 Å². The third-order valence-electron chi connectivity index (χ3n) is 8.59. The third-order valence-corrected chi connectivity index (χ3v) is 9.04. The van der Waals surface area contributed by atoms with Crippen molar-refractivity contribution >= 4 is 55.2 Å². The molecule has 0 bridgehead atoms. The Hall–Kier alpha value is -5.11. The van der Waals surface area contributed by atoms with E-state index in [0.717, 1.165) is 12.1 Å². The van der Waals surface area contributed by atoms with Crippen LogP contribution >= 0.6 is 7.82 Å². The van der Waals surface area contributed by atoms with Gasteiger partial charge in [0.2, 0.25) is 35.4 Å². The molecule has 2 aliphatic rings. The lowest BCUT2D eigenvalue weighted by Crippen LogP contribution is -2.59. The van der Waals surface area contributed by atoms with E-state index in [-0.39, 0.29) is 37.2 Å². The Morgan fingerprint density at radius 3 is 1.92 bits per heavy atom. The van der Waals surface area contributed by atoms with Gasteiger partial charge in [-0.2, -0.15) is 0 Å². The Bertz CT molecular complexity index is 1620. The molecule has 3 rings (SSSR count). The second-order valence-corrected chi connectivity index (χ2v) is 13.9. The summed E-state index contributed by atoms with van der Waals surface area (Å²) in [5.41, 5.74) is 11.3. The van der Waals surface area contributed by atoms with Gasteiger partial charge in [0, 0.05) is 25.9 Å². The van der Waals surface area contributed by atoms with Crippen molar-refractivity contribution in [1.29, 1.82) is 0 Å². The van der Waals surface area contributed by atoms with Crippen molar-refractivity contribution in [1.82, 2.24) is 25.8 Å². The number of likely N-dealkylation sites (tertiary alicyclic amines) is 2. The van der Waals surface area contributed by atoms with Crippen LogP contribution in [0.2, 0.25) is 0 Å². The average molecular weight is 770 g/mol. The first-order valence-corrected chi connectivity index (χ1v) is 18.1. The van der Waals surface area contributed by atoms with Crippen molar-refractivity contribution in [3.8, 4) is 5.75 Å². The van der Waals surface area contributed by atoms with Crippen molar-refractivity contribution in [3.63, 3.8) is 0 Å². The molecule has 0 aromatic heterocycles. The summed E-state index contributed by atoms with van der Waals surface area (Å²) >= 11 is 0. The zero-order valence-corrected chi connectivity index (χ0v) is 29.6. The van der Waals surface area contributed by atoms with Gasteiger partial charge < -0.3 is 52.0 Å². The number of hydrogen-bond donors (Lipinski definition) is 9. The number of primary amides is 1. The van der Waals surface area contributed by atoms with E-state index in [4.69, 9.17) is 21.3 Å². The van der Waals surface area contributed by atoms with E-state index in [9.17, 15) is 53.1 Å². The highest BCUT2D eigenvalue weighted by molar-refractivity contribution is 7.46. The highest BCUT2D eigenvalue weighted by atomic mass is 31.2. The minimum atomic E-state index is -4.91. The van der Waals surface area contributed by atoms with Gasteiger partial charge in [-0.05, 0) is 56.7 Å². The first kappa shape index (κ1) is 42.3. The molecule has 6 amide bonds. The maximum absolute atomic E-state index is 14.0. The summed E-state index contributed by atoms with van der Waals surface area (Å²) in [6.45, 7) is 1.60. The fourth-order valence-corrected chi connectivity index (χ4v) is 6.43. The standard InChI is InChI=1S/C31H44N7O14P/c1-16(32)27(44)35-21(15-25(41)42)29(46)36-20(14-17-6-8-18(9-7-17)52-53(49,50)51)28(45)34-19(10-11-24(39)40)30(47)38-13-3-5-23(38)31(48)37-12-2-4-22(37)26(33)43/h6-9,16,19-23H,2-5,10-15,32H2,1H3,(H2,33,43)(H,34,45)(H,35,44)(H,36,46)(H,39,40)(H,41,42)(H2,49,50,51)/t16-,19-,20-,21-,22-,23-/m0/s1. The van der Waals surface area contributed by atoms with E-state index in [0.29, 0.717) is 19.3 Å². The largest absolute Gasteiger partial charge is 0.524 e. The minimum Gasteiger partial charge on any atom is -0.481 e. The van der Waals surface area contributed by atoms with Crippen molar-refractivity contribution in [3.05, 3.63) is 29.8 Å². The second kappa shape index (κ2) is 18.6. The molecule has 2 fully saturated rings. The van der Waals surface area contributed by atoms with E-state index >= 15 is 0 Å². The summed E-state index contributed by atoms with van der Waals surface area (Å²) in [4.78, 5) is 123. The van der Waals surface area contributed by atoms with Gasteiger partial charge in [0.15, 0.2) is 0 Å². The summed E-state index contributed by atoms with van der Waals surface area (Å²) < 4.78 is 15.8. The lowest BCUT2D eigenvalue weighted by atomic mass is 10.0. The molecule has 2 aliphatic heterocycles. The molecule has 11 N–H and O–H groups in total. The summed E-state index contributed by atoms with van der Waals surface area (Å²) in [5, 5.41) is 25.8. The number of nitrogens with one attached hydrogen (secondary N) is 3. The van der Waals surface area contributed by atoms with Crippen LogP contribution in [0, 0.1) is 0 Å². The molecule has 1 aromatic rings. The van der Waals surface area contributed by atoms with Crippen molar-refractivity contribution in [2.75, 3.05) is 13.1 Å². The number of phosphoric acid groups is 1. The third kappa shape index (κ3) is 12.5. The normalized spacial score (nSPS) is 19.3. The molecule has 0 aliphatic carbocycles. The number of hydrogen-bond acceptors (Lipinski definition) is 11. The number of benzene rings is 1. The Kier molecular flexibility index (Phi) is 14.8. The molecule has 22 heteroatoms. The quantitative estimate of drug-likeness (QED) is 0.0687. The van der Waals surface area contributed by atoms with E-state index in [1.54, 1.807) is 0 Å². The Morgan fingerprint density at radius 1 is 0.830 bits per heavy atom. The van der Waals surface area contributed by atoms with Crippen LogP contribution in [0.5, 0.6) is 5.75 Å². The molecule has 0 spiro atoms. The molecular weight excluding hydrogens is 725 g/mol. The van der Waals surface area contributed by atoms with Gasteiger partial charge in [0.05, 0.1) is 12.5 Å². The molecular formula is C31H44N7O14P. The first-order valence-electron chi connectivity index (χ1n) is 16.6. The summed E-state index contributed by atoms with van der Waals surface area (Å²) in [6.07, 6.45) is -0.833. The molecule has 0 saturated carbocycles. The van der Waals surface area contributed by atoms with Crippen LogP contribution in [0.4, 0.5) is 0 Å². The molecule has 21 nitrogen and oxygen atoms in total. The first-order chi connectivity index (χ1) is 24.8. The SMILES string of the molecule is C[C@H](N)C(=O)N[C@@H](CC(=O)O)C(=O)N[C@@H](Cc1ccc(OP(=O)(O)O)cc1)C(=O)N[C@@H](CCC(=O)O)C(=O)N1CCC[C@H]1C(=O)N1CCC[C@H]1C(N)=O. The number of carbonyl (C=O) groups is 8. The van der Waals surface area contributed by atoms with Crippen molar-refractivity contribution < 1.29 is 67.4 Å². The highest BCUT2D eigenvalue weighted by Gasteiger charge is 2.43. The van der Waals surface area contributed by atoms with Gasteiger partial charge in [-0.1, -0.05) is 12.1 Å². The molecule has 0 unspecified atom stereocenters. The fourth-order valence-electron chi connectivity index (χ4n) is 6.03. The molecule has 0 radical (unpaired) electrons. The van der Waals surface area contributed by atoms with Crippen LogP contribution in [0.15, 0.2) is 24.3 Å². The van der Waals surface area contributed by atoms with Gasteiger partial charge in [-0.3, -0.25) is 48.1 Å². The van der Waals surface area contributed by atoms with Crippen LogP contribution in [-0.2, 0) is 49.3 Å². The Labute approximate surface area is 303 Å². The van der Waals surface area contributed by atoms with Gasteiger partial charge in [0.25, 0.3) is 0 Å². The number of amides is 6. The fraction of sp³-hybridized carbons (Fsp3) is 0.548. The molecule has 292 valence electrons. The molecule has 6 atom stereocenters. The number of nitrogens with two attached hydrogens (primary N) is 2. The maximum Gasteiger partial charge on any atom is 0.524 e. The summed E-state index contributed by atoms with van der Waals surface area (Å²) in [7, 11) is -4.91. The smallest absolute Gasteiger partial charge is 0.481 e. The predicted octanol–water partition coefficient (Wildman–Crippen LogP) is -2.69. The number of nitrogens with zero attached hydrogens (tertiary/aromatic N) is 2. The van der Waals surface area contributed by atoms with Crippen LogP contribution < -0.4 is 31.9 Å². The van der Waals surface area contributed by atoms with Crippen LogP contribution in [0.25, 0.3) is 0 Å². The monoisotopic (exact) mass is 769 g/mol. The average Bonchev–Trinajstić information content (AvgIpc) is 3.76. The predicted molar refractivity (Wildman–Crippen MR) is 180 cm³/mol. The van der Waals surface area contributed by atoms with Gasteiger partial charge >= 0.3 is 19.8 Å². The van der Waals surface area contributed by atoms with Crippen LogP contribution in [0.3, 0.4) is 0 Å². The number of carboxylic acid groups (broad SMARTS) is 2. The summed E-state index contributed by atoms with van der Waals surface area (Å²) in [6, 6.07) is -2.96. The second-order valence-electron chi connectivity index (χ2n) is 12.7. The highest BCUT2D eigenvalue weighted by Crippen LogP contribution is 2.37. The van der Waals surface area contributed by atoms with Gasteiger partial charge in [0.1, 0.15) is 36.0 Å².